The van der Waals surface area contributed by atoms with Crippen LogP contribution in [-0.2, 0) is 18.3 Å². The van der Waals surface area contributed by atoms with Crippen molar-refractivity contribution in [3.8, 4) is 22.8 Å². The minimum absolute atomic E-state index is 0.0940. The quantitative estimate of drug-likeness (QED) is 0.378. The van der Waals surface area contributed by atoms with Crippen molar-refractivity contribution in [3.63, 3.8) is 0 Å². The lowest BCUT2D eigenvalue weighted by Crippen LogP contribution is -2.38. The fraction of sp³-hybridized carbons (Fsp3) is 0.407. The van der Waals surface area contributed by atoms with Gasteiger partial charge in [0.05, 0.1) is 31.4 Å². The number of ether oxygens (including phenoxy) is 3. The van der Waals surface area contributed by atoms with Gasteiger partial charge in [0, 0.05) is 43.9 Å². The number of carbonyl (C=O) groups is 1. The first-order valence-electron chi connectivity index (χ1n) is 12.7. The van der Waals surface area contributed by atoms with Crippen molar-refractivity contribution in [2.45, 2.75) is 38.8 Å². The van der Waals surface area contributed by atoms with Gasteiger partial charge in [-0.3, -0.25) is 14.0 Å². The van der Waals surface area contributed by atoms with Gasteiger partial charge in [0.15, 0.2) is 23.0 Å². The number of hydrogen-bond donors (Lipinski definition) is 0. The van der Waals surface area contributed by atoms with Gasteiger partial charge in [-0.05, 0) is 39.0 Å². The Balaban J connectivity index is 1.59. The predicted molar refractivity (Wildman–Crippen MR) is 142 cm³/mol. The van der Waals surface area contributed by atoms with Crippen molar-refractivity contribution in [2.24, 2.45) is 7.05 Å². The van der Waals surface area contributed by atoms with Crippen LogP contribution in [0.2, 0.25) is 0 Å². The molecule has 0 N–H and O–H groups in total. The molecule has 0 radical (unpaired) electrons. The molecule has 5 heterocycles. The Morgan fingerprint density at radius 2 is 1.90 bits per heavy atom. The molecule has 1 aromatic carbocycles. The number of nitrogens with zero attached hydrogens (tertiary/aromatic N) is 7. The van der Waals surface area contributed by atoms with Crippen LogP contribution in [0, 0.1) is 5.82 Å². The van der Waals surface area contributed by atoms with Crippen molar-refractivity contribution in [1.29, 1.82) is 0 Å². The summed E-state index contributed by atoms with van der Waals surface area (Å²) >= 11 is 0. The fourth-order valence-corrected chi connectivity index (χ4v) is 5.08. The summed E-state index contributed by atoms with van der Waals surface area (Å²) in [6.45, 7) is 5.83. The zero-order valence-electron chi connectivity index (χ0n) is 22.7. The molecule has 0 saturated carbocycles. The SMILES string of the molecule is CN(C)c1cc(-c2cc3c(n4cnnc24)N(C(=O)OC(C)(C)C)Cc2c(F)ccc4c2[C@H](CO4)CO3)n(C)n1. The lowest BCUT2D eigenvalue weighted by atomic mass is 9.95. The van der Waals surface area contributed by atoms with E-state index < -0.39 is 17.5 Å². The number of carbonyl (C=O) groups excluding carboxylic acids is 1. The average molecular weight is 536 g/mol. The van der Waals surface area contributed by atoms with Crippen LogP contribution in [0.4, 0.5) is 20.8 Å². The number of rotatable bonds is 2. The van der Waals surface area contributed by atoms with Crippen molar-refractivity contribution in [2.75, 3.05) is 37.1 Å². The maximum absolute atomic E-state index is 15.4. The maximum Gasteiger partial charge on any atom is 0.416 e. The second-order valence-electron chi connectivity index (χ2n) is 11.0. The van der Waals surface area contributed by atoms with Gasteiger partial charge < -0.3 is 19.1 Å². The third-order valence-corrected chi connectivity index (χ3v) is 6.85. The van der Waals surface area contributed by atoms with Crippen molar-refractivity contribution >= 4 is 23.4 Å². The molecule has 0 aliphatic carbocycles. The summed E-state index contributed by atoms with van der Waals surface area (Å²) in [4.78, 5) is 17.0. The number of pyridine rings is 1. The molecule has 6 rings (SSSR count). The summed E-state index contributed by atoms with van der Waals surface area (Å²) in [5.74, 6) is 1.47. The van der Waals surface area contributed by atoms with Crippen LogP contribution in [0.25, 0.3) is 16.9 Å². The lowest BCUT2D eigenvalue weighted by molar-refractivity contribution is 0.0574. The maximum atomic E-state index is 15.4. The van der Waals surface area contributed by atoms with E-state index in [2.05, 4.69) is 15.3 Å². The first kappa shape index (κ1) is 25.0. The molecule has 0 fully saturated rings. The molecule has 1 atom stereocenters. The monoisotopic (exact) mass is 535 g/mol. The highest BCUT2D eigenvalue weighted by Gasteiger charge is 2.37. The van der Waals surface area contributed by atoms with Crippen molar-refractivity contribution < 1.29 is 23.4 Å². The van der Waals surface area contributed by atoms with Gasteiger partial charge in [-0.1, -0.05) is 0 Å². The van der Waals surface area contributed by atoms with Crippen molar-refractivity contribution in [3.05, 3.63) is 47.5 Å². The molecule has 11 nitrogen and oxygen atoms in total. The van der Waals surface area contributed by atoms with E-state index in [4.69, 9.17) is 14.2 Å². The number of anilines is 2. The molecule has 1 amide bonds. The molecule has 12 heteroatoms. The second kappa shape index (κ2) is 8.85. The van der Waals surface area contributed by atoms with Gasteiger partial charge >= 0.3 is 6.09 Å². The summed E-state index contributed by atoms with van der Waals surface area (Å²) in [6, 6.07) is 6.76. The van der Waals surface area contributed by atoms with Gasteiger partial charge in [0.25, 0.3) is 0 Å². The van der Waals surface area contributed by atoms with Gasteiger partial charge in [-0.2, -0.15) is 5.10 Å². The third kappa shape index (κ3) is 4.19. The van der Waals surface area contributed by atoms with Crippen molar-refractivity contribution in [1.82, 2.24) is 24.4 Å². The molecule has 0 spiro atoms. The van der Waals surface area contributed by atoms with Gasteiger partial charge in [0.2, 0.25) is 0 Å². The molecular weight excluding hydrogens is 505 g/mol. The zero-order chi connectivity index (χ0) is 27.6. The number of aryl methyl sites for hydroxylation is 1. The van der Waals surface area contributed by atoms with Crippen LogP contribution in [0.15, 0.2) is 30.6 Å². The average Bonchev–Trinajstić information content (AvgIpc) is 3.59. The normalized spacial score (nSPS) is 16.5. The third-order valence-electron chi connectivity index (χ3n) is 6.85. The molecular formula is C27H30FN7O4. The topological polar surface area (TPSA) is 99.3 Å². The number of aromatic nitrogens is 5. The van der Waals surface area contributed by atoms with Crippen LogP contribution in [0.1, 0.15) is 37.8 Å². The Bertz CT molecular complexity index is 1600. The smallest absolute Gasteiger partial charge is 0.416 e. The van der Waals surface area contributed by atoms with E-state index in [9.17, 15) is 4.79 Å². The summed E-state index contributed by atoms with van der Waals surface area (Å²) < 4.78 is 36.9. The zero-order valence-corrected chi connectivity index (χ0v) is 22.7. The second-order valence-corrected chi connectivity index (χ2v) is 11.0. The first-order valence-corrected chi connectivity index (χ1v) is 12.7. The number of amides is 1. The summed E-state index contributed by atoms with van der Waals surface area (Å²) in [6.07, 6.45) is 0.861. The highest BCUT2D eigenvalue weighted by Crippen LogP contribution is 2.44. The van der Waals surface area contributed by atoms with E-state index >= 15 is 4.39 Å². The first-order chi connectivity index (χ1) is 18.5. The van der Waals surface area contributed by atoms with E-state index in [0.717, 1.165) is 11.5 Å². The number of hydrogen-bond acceptors (Lipinski definition) is 8. The highest BCUT2D eigenvalue weighted by atomic mass is 19.1. The Kier molecular flexibility index (Phi) is 5.67. The molecule has 3 aromatic heterocycles. The fourth-order valence-electron chi connectivity index (χ4n) is 5.08. The molecule has 2 aliphatic rings. The highest BCUT2D eigenvalue weighted by molar-refractivity contribution is 5.92. The molecule has 39 heavy (non-hydrogen) atoms. The largest absolute Gasteiger partial charge is 0.493 e. The van der Waals surface area contributed by atoms with E-state index in [0.29, 0.717) is 46.3 Å². The number of fused-ring (bicyclic) bond motifs is 3. The Labute approximate surface area is 224 Å². The summed E-state index contributed by atoms with van der Waals surface area (Å²) in [5, 5.41) is 13.1. The van der Waals surface area contributed by atoms with Gasteiger partial charge in [-0.25, -0.2) is 9.18 Å². The molecule has 0 saturated heterocycles. The number of halogens is 1. The van der Waals surface area contributed by atoms with E-state index in [1.807, 2.05) is 38.2 Å². The molecule has 204 valence electrons. The van der Waals surface area contributed by atoms with Crippen LogP contribution in [0.3, 0.4) is 0 Å². The standard InChI is InChI=1S/C27H30FN7O4/c1-27(2,3)39-26(36)34-11-17-18(28)7-8-20-23(17)15(12-37-20)13-38-21-9-16(24-30-29-14-35(24)25(21)34)19-10-22(32(4)5)31-33(19)6/h7-10,14-15H,11-13H2,1-6H3/t15-/m1/s1. The molecule has 4 aromatic rings. The summed E-state index contributed by atoms with van der Waals surface area (Å²) in [5.41, 5.74) is 2.27. The Morgan fingerprint density at radius 1 is 1.15 bits per heavy atom. The van der Waals surface area contributed by atoms with Crippen LogP contribution in [0.5, 0.6) is 11.5 Å². The minimum Gasteiger partial charge on any atom is -0.493 e. The van der Waals surface area contributed by atoms with Gasteiger partial charge in [0.1, 0.15) is 23.5 Å². The lowest BCUT2D eigenvalue weighted by Gasteiger charge is -2.29. The Hall–Kier alpha value is -4.35. The molecule has 0 unspecified atom stereocenters. The molecule has 2 aliphatic heterocycles. The minimum atomic E-state index is -0.789. The van der Waals surface area contributed by atoms with E-state index in [-0.39, 0.29) is 19.1 Å². The summed E-state index contributed by atoms with van der Waals surface area (Å²) in [7, 11) is 5.68. The van der Waals surface area contributed by atoms with Crippen LogP contribution in [-0.4, -0.2) is 63.4 Å². The van der Waals surface area contributed by atoms with E-state index in [1.54, 1.807) is 35.9 Å². The van der Waals surface area contributed by atoms with Crippen LogP contribution >= 0.6 is 0 Å². The van der Waals surface area contributed by atoms with Crippen LogP contribution < -0.4 is 19.3 Å². The predicted octanol–water partition coefficient (Wildman–Crippen LogP) is 4.15. The number of benzene rings is 1. The Morgan fingerprint density at radius 3 is 2.59 bits per heavy atom. The van der Waals surface area contributed by atoms with E-state index in [1.165, 1.54) is 17.3 Å². The van der Waals surface area contributed by atoms with Gasteiger partial charge in [-0.15, -0.1) is 10.2 Å². The molecule has 0 bridgehead atoms.